The molecule has 2 atom stereocenters. The largest absolute Gasteiger partial charge is 0.444 e. The predicted octanol–water partition coefficient (Wildman–Crippen LogP) is 5.66. The Morgan fingerprint density at radius 2 is 1.38 bits per heavy atom. The molecular weight excluding hydrogens is 592 g/mol. The Balaban J connectivity index is 1.91. The average molecular weight is 643 g/mol. The topological polar surface area (TPSA) is 108 Å². The third kappa shape index (κ3) is 11.0. The lowest BCUT2D eigenvalue weighted by Gasteiger charge is -2.34. The van der Waals surface area contributed by atoms with Crippen LogP contribution in [0, 0.1) is 0 Å². The maximum atomic E-state index is 14.3. The van der Waals surface area contributed by atoms with Crippen molar-refractivity contribution in [3.05, 3.63) is 95.6 Å². The van der Waals surface area contributed by atoms with E-state index in [4.69, 9.17) is 4.74 Å². The maximum absolute atomic E-state index is 14.3. The van der Waals surface area contributed by atoms with E-state index in [1.165, 1.54) is 15.9 Å². The van der Waals surface area contributed by atoms with Crippen molar-refractivity contribution in [3.63, 3.8) is 0 Å². The lowest BCUT2D eigenvalue weighted by Crippen LogP contribution is -2.55. The van der Waals surface area contributed by atoms with Gasteiger partial charge in [0.1, 0.15) is 17.7 Å². The summed E-state index contributed by atoms with van der Waals surface area (Å²) in [4.78, 5) is 56.5. The number of benzene rings is 3. The molecule has 3 aromatic rings. The molecule has 0 aliphatic rings. The highest BCUT2D eigenvalue weighted by molar-refractivity contribution is 5.95. The average Bonchev–Trinajstić information content (AvgIpc) is 2.99. The van der Waals surface area contributed by atoms with Gasteiger partial charge in [0.15, 0.2) is 0 Å². The molecule has 0 bridgehead atoms. The summed E-state index contributed by atoms with van der Waals surface area (Å²) in [5, 5.41) is 7.67. The Hall–Kier alpha value is -4.66. The number of fused-ring (bicyclic) bond motifs is 1. The fraction of sp³-hybridized carbons (Fsp3) is 0.421. The zero-order chi connectivity index (χ0) is 34.9. The molecule has 0 spiro atoms. The molecule has 0 fully saturated rings. The zero-order valence-corrected chi connectivity index (χ0v) is 29.2. The molecule has 2 N–H and O–H groups in total. The zero-order valence-electron chi connectivity index (χ0n) is 29.2. The second kappa shape index (κ2) is 15.8. The van der Waals surface area contributed by atoms with Crippen LogP contribution in [-0.4, -0.2) is 78.0 Å². The van der Waals surface area contributed by atoms with Crippen LogP contribution in [0.5, 0.6) is 0 Å². The summed E-state index contributed by atoms with van der Waals surface area (Å²) in [6.07, 6.45) is 1.91. The van der Waals surface area contributed by atoms with E-state index in [2.05, 4.69) is 10.6 Å². The molecule has 3 rings (SSSR count). The van der Waals surface area contributed by atoms with E-state index in [0.29, 0.717) is 12.8 Å². The third-order valence-electron chi connectivity index (χ3n) is 7.91. The third-order valence-corrected chi connectivity index (χ3v) is 7.91. The van der Waals surface area contributed by atoms with Gasteiger partial charge < -0.3 is 25.2 Å². The van der Waals surface area contributed by atoms with Gasteiger partial charge in [0, 0.05) is 45.6 Å². The lowest BCUT2D eigenvalue weighted by atomic mass is 9.95. The SMILES string of the molecule is CNC(=O)C(Cc1ccccc1)N(C)C(=O)C(Cc1ccc2ccccc2c1)N(C)C(=O)/C=C(/C)CC(C)(C)NC(=O)OC(C)(C)C. The minimum absolute atomic E-state index is 0.251. The summed E-state index contributed by atoms with van der Waals surface area (Å²) in [5.41, 5.74) is 1.19. The summed E-state index contributed by atoms with van der Waals surface area (Å²) < 4.78 is 5.40. The smallest absolute Gasteiger partial charge is 0.408 e. The van der Waals surface area contributed by atoms with Crippen molar-refractivity contribution in [1.29, 1.82) is 0 Å². The number of amides is 4. The minimum Gasteiger partial charge on any atom is -0.444 e. The van der Waals surface area contributed by atoms with Crippen LogP contribution >= 0.6 is 0 Å². The molecule has 252 valence electrons. The molecule has 0 aromatic heterocycles. The molecule has 0 saturated heterocycles. The molecular formula is C38H50N4O5. The molecule has 0 radical (unpaired) electrons. The molecule has 0 aliphatic heterocycles. The Morgan fingerprint density at radius 1 is 0.787 bits per heavy atom. The number of alkyl carbamates (subject to hydrolysis) is 1. The van der Waals surface area contributed by atoms with Crippen LogP contribution < -0.4 is 10.6 Å². The second-order valence-corrected chi connectivity index (χ2v) is 13.8. The van der Waals surface area contributed by atoms with Gasteiger partial charge in [0.05, 0.1) is 0 Å². The van der Waals surface area contributed by atoms with E-state index >= 15 is 0 Å². The number of hydrogen-bond acceptors (Lipinski definition) is 5. The summed E-state index contributed by atoms with van der Waals surface area (Å²) in [7, 11) is 4.77. The first-order valence-electron chi connectivity index (χ1n) is 15.9. The predicted molar refractivity (Wildman–Crippen MR) is 187 cm³/mol. The molecule has 2 unspecified atom stereocenters. The van der Waals surface area contributed by atoms with Crippen LogP contribution in [0.2, 0.25) is 0 Å². The number of carbonyl (C=O) groups is 4. The van der Waals surface area contributed by atoms with Gasteiger partial charge in [0.25, 0.3) is 0 Å². The Bertz CT molecular complexity index is 1590. The van der Waals surface area contributed by atoms with Crippen molar-refractivity contribution < 1.29 is 23.9 Å². The van der Waals surface area contributed by atoms with Crippen molar-refractivity contribution >= 4 is 34.6 Å². The van der Waals surface area contributed by atoms with Gasteiger partial charge in [-0.2, -0.15) is 0 Å². The van der Waals surface area contributed by atoms with Crippen molar-refractivity contribution in [2.45, 2.75) is 84.0 Å². The molecule has 9 nitrogen and oxygen atoms in total. The summed E-state index contributed by atoms with van der Waals surface area (Å²) in [6, 6.07) is 21.8. The van der Waals surface area contributed by atoms with Gasteiger partial charge in [-0.05, 0) is 69.9 Å². The number of nitrogens with one attached hydrogen (secondary N) is 2. The molecule has 4 amide bonds. The number of carbonyl (C=O) groups excluding carboxylic acids is 4. The monoisotopic (exact) mass is 642 g/mol. The summed E-state index contributed by atoms with van der Waals surface area (Å²) in [5.74, 6) is -1.00. The van der Waals surface area contributed by atoms with Gasteiger partial charge in [-0.25, -0.2) is 4.79 Å². The molecule has 9 heteroatoms. The standard InChI is InChI=1S/C38H50N4O5/c1-26(25-38(5,6)40-36(46)47-37(2,3)4)21-33(43)41(8)32(24-28-19-20-29-17-13-14-18-30(29)22-28)35(45)42(9)31(34(44)39-7)23-27-15-11-10-12-16-27/h10-22,31-32H,23-25H2,1-9H3,(H,39,44)(H,40,46)/b26-21-. The van der Waals surface area contributed by atoms with Gasteiger partial charge >= 0.3 is 6.09 Å². The van der Waals surface area contributed by atoms with E-state index < -0.39 is 29.3 Å². The van der Waals surface area contributed by atoms with Crippen LogP contribution in [0.15, 0.2) is 84.4 Å². The van der Waals surface area contributed by atoms with Crippen LogP contribution in [0.4, 0.5) is 4.79 Å². The lowest BCUT2D eigenvalue weighted by molar-refractivity contribution is -0.146. The van der Waals surface area contributed by atoms with Gasteiger partial charge in [-0.15, -0.1) is 0 Å². The van der Waals surface area contributed by atoms with Crippen LogP contribution in [0.3, 0.4) is 0 Å². The number of ether oxygens (including phenoxy) is 1. The highest BCUT2D eigenvalue weighted by atomic mass is 16.6. The first-order valence-corrected chi connectivity index (χ1v) is 15.9. The van der Waals surface area contributed by atoms with Gasteiger partial charge in [0.2, 0.25) is 17.7 Å². The van der Waals surface area contributed by atoms with Crippen LogP contribution in [0.25, 0.3) is 10.8 Å². The van der Waals surface area contributed by atoms with E-state index in [0.717, 1.165) is 27.5 Å². The maximum Gasteiger partial charge on any atom is 0.408 e. The van der Waals surface area contributed by atoms with Crippen molar-refractivity contribution in [3.8, 4) is 0 Å². The second-order valence-electron chi connectivity index (χ2n) is 13.8. The Labute approximate surface area is 279 Å². The quantitative estimate of drug-likeness (QED) is 0.248. The van der Waals surface area contributed by atoms with Crippen LogP contribution in [0.1, 0.15) is 59.1 Å². The fourth-order valence-electron chi connectivity index (χ4n) is 5.62. The van der Waals surface area contributed by atoms with Crippen molar-refractivity contribution in [1.82, 2.24) is 20.4 Å². The van der Waals surface area contributed by atoms with E-state index in [9.17, 15) is 19.2 Å². The van der Waals surface area contributed by atoms with E-state index in [1.807, 2.05) is 93.6 Å². The highest BCUT2D eigenvalue weighted by Crippen LogP contribution is 2.22. The molecule has 3 aromatic carbocycles. The molecule has 0 saturated carbocycles. The first-order chi connectivity index (χ1) is 22.0. The van der Waals surface area contributed by atoms with Crippen LogP contribution in [-0.2, 0) is 32.0 Å². The molecule has 0 heterocycles. The Morgan fingerprint density at radius 3 is 2.00 bits per heavy atom. The first kappa shape index (κ1) is 36.8. The van der Waals surface area contributed by atoms with Crippen molar-refractivity contribution in [2.75, 3.05) is 21.1 Å². The molecule has 47 heavy (non-hydrogen) atoms. The summed E-state index contributed by atoms with van der Waals surface area (Å²) >= 11 is 0. The Kier molecular flexibility index (Phi) is 12.3. The van der Waals surface area contributed by atoms with E-state index in [1.54, 1.807) is 41.9 Å². The van der Waals surface area contributed by atoms with E-state index in [-0.39, 0.29) is 24.1 Å². The van der Waals surface area contributed by atoms with Gasteiger partial charge in [-0.1, -0.05) is 78.4 Å². The number of nitrogens with zero attached hydrogens (tertiary/aromatic N) is 2. The van der Waals surface area contributed by atoms with Crippen molar-refractivity contribution in [2.24, 2.45) is 0 Å². The summed E-state index contributed by atoms with van der Waals surface area (Å²) in [6.45, 7) is 10.9. The highest BCUT2D eigenvalue weighted by Gasteiger charge is 2.35. The number of hydrogen-bond donors (Lipinski definition) is 2. The fourth-order valence-corrected chi connectivity index (χ4v) is 5.62. The molecule has 0 aliphatic carbocycles. The minimum atomic E-state index is -0.895. The normalized spacial score (nSPS) is 13.3. The number of rotatable bonds is 12. The van der Waals surface area contributed by atoms with Gasteiger partial charge in [-0.3, -0.25) is 14.4 Å². The number of likely N-dealkylation sites (N-methyl/N-ethyl adjacent to an activating group) is 3.